The molecule has 0 saturated heterocycles. The van der Waals surface area contributed by atoms with Crippen LogP contribution < -0.4 is 5.32 Å². The van der Waals surface area contributed by atoms with Gasteiger partial charge in [0.25, 0.3) is 0 Å². The monoisotopic (exact) mass is 326 g/mol. The van der Waals surface area contributed by atoms with E-state index in [1.165, 1.54) is 21.7 Å². The molecule has 0 aliphatic rings. The molecule has 5 heteroatoms. The summed E-state index contributed by atoms with van der Waals surface area (Å²) >= 11 is 0. The molecular formula is C17H30N2O2S. The average molecular weight is 327 g/mol. The molecule has 0 amide bonds. The lowest BCUT2D eigenvalue weighted by Crippen LogP contribution is -2.34. The molecule has 0 fully saturated rings. The van der Waals surface area contributed by atoms with Crippen LogP contribution in [0.1, 0.15) is 37.8 Å². The fraction of sp³-hybridized carbons (Fsp3) is 0.647. The highest BCUT2D eigenvalue weighted by Crippen LogP contribution is 2.08. The molecule has 0 heterocycles. The van der Waals surface area contributed by atoms with Crippen molar-refractivity contribution in [1.82, 2.24) is 9.62 Å². The molecule has 0 aliphatic heterocycles. The van der Waals surface area contributed by atoms with Gasteiger partial charge in [-0.2, -0.15) is 0 Å². The van der Waals surface area contributed by atoms with E-state index in [-0.39, 0.29) is 0 Å². The standard InChI is InChI=1S/C17H30N2O2S/c1-5-19(22(4,20)21)13-7-12-18-16(3)10-11-17-9-6-8-15(2)14-17/h6,8-9,14,16,18H,5,7,10-13H2,1-4H3. The zero-order valence-corrected chi connectivity index (χ0v) is 15.1. The van der Waals surface area contributed by atoms with Crippen molar-refractivity contribution in [1.29, 1.82) is 0 Å². The van der Waals surface area contributed by atoms with E-state index in [1.54, 1.807) is 0 Å². The van der Waals surface area contributed by atoms with Crippen molar-refractivity contribution in [3.8, 4) is 0 Å². The van der Waals surface area contributed by atoms with Gasteiger partial charge in [-0.3, -0.25) is 0 Å². The van der Waals surface area contributed by atoms with Crippen LogP contribution in [0.2, 0.25) is 0 Å². The van der Waals surface area contributed by atoms with Crippen LogP contribution in [-0.4, -0.2) is 44.7 Å². The van der Waals surface area contributed by atoms with Crippen molar-refractivity contribution < 1.29 is 8.42 Å². The summed E-state index contributed by atoms with van der Waals surface area (Å²) in [6.45, 7) is 8.16. The van der Waals surface area contributed by atoms with Gasteiger partial charge in [0.05, 0.1) is 6.26 Å². The van der Waals surface area contributed by atoms with Gasteiger partial charge in [0.2, 0.25) is 10.0 Å². The summed E-state index contributed by atoms with van der Waals surface area (Å²) in [7, 11) is -3.06. The van der Waals surface area contributed by atoms with E-state index in [9.17, 15) is 8.42 Å². The van der Waals surface area contributed by atoms with Crippen molar-refractivity contribution >= 4 is 10.0 Å². The van der Waals surface area contributed by atoms with Crippen molar-refractivity contribution in [3.63, 3.8) is 0 Å². The molecule has 0 radical (unpaired) electrons. The quantitative estimate of drug-likeness (QED) is 0.672. The molecule has 4 nitrogen and oxygen atoms in total. The molecule has 1 N–H and O–H groups in total. The molecule has 1 aromatic rings. The summed E-state index contributed by atoms with van der Waals surface area (Å²) in [4.78, 5) is 0. The normalized spacial score (nSPS) is 13.5. The highest BCUT2D eigenvalue weighted by molar-refractivity contribution is 7.88. The fourth-order valence-corrected chi connectivity index (χ4v) is 3.44. The predicted octanol–water partition coefficient (Wildman–Crippen LogP) is 2.58. The van der Waals surface area contributed by atoms with Crippen molar-refractivity contribution in [3.05, 3.63) is 35.4 Å². The number of benzene rings is 1. The van der Waals surface area contributed by atoms with E-state index in [2.05, 4.69) is 43.4 Å². The molecule has 0 spiro atoms. The first-order valence-electron chi connectivity index (χ1n) is 8.07. The molecule has 1 rings (SSSR count). The van der Waals surface area contributed by atoms with Gasteiger partial charge in [-0.15, -0.1) is 0 Å². The average Bonchev–Trinajstić information content (AvgIpc) is 2.44. The smallest absolute Gasteiger partial charge is 0.211 e. The SMILES string of the molecule is CCN(CCCNC(C)CCc1cccc(C)c1)S(C)(=O)=O. The van der Waals surface area contributed by atoms with Crippen LogP contribution in [-0.2, 0) is 16.4 Å². The Bertz CT molecular complexity index is 543. The molecule has 0 aliphatic carbocycles. The third kappa shape index (κ3) is 7.38. The maximum Gasteiger partial charge on any atom is 0.211 e. The molecule has 0 aromatic heterocycles. The molecule has 1 aromatic carbocycles. The molecule has 0 bridgehead atoms. The van der Waals surface area contributed by atoms with Gasteiger partial charge in [-0.05, 0) is 45.2 Å². The topological polar surface area (TPSA) is 49.4 Å². The first kappa shape index (κ1) is 19.1. The van der Waals surface area contributed by atoms with E-state index >= 15 is 0 Å². The number of aryl methyl sites for hydroxylation is 2. The molecule has 1 atom stereocenters. The second kappa shape index (κ2) is 9.28. The Kier molecular flexibility index (Phi) is 8.07. The number of rotatable bonds is 10. The fourth-order valence-electron chi connectivity index (χ4n) is 2.52. The van der Waals surface area contributed by atoms with E-state index in [0.717, 1.165) is 25.8 Å². The molecule has 126 valence electrons. The minimum Gasteiger partial charge on any atom is -0.314 e. The Morgan fingerprint density at radius 2 is 2.05 bits per heavy atom. The van der Waals surface area contributed by atoms with E-state index in [0.29, 0.717) is 19.1 Å². The second-order valence-electron chi connectivity index (χ2n) is 5.99. The van der Waals surface area contributed by atoms with E-state index in [4.69, 9.17) is 0 Å². The minimum absolute atomic E-state index is 0.439. The lowest BCUT2D eigenvalue weighted by Gasteiger charge is -2.19. The van der Waals surface area contributed by atoms with Crippen molar-refractivity contribution in [2.45, 2.75) is 46.1 Å². The third-order valence-corrected chi connectivity index (χ3v) is 5.23. The summed E-state index contributed by atoms with van der Waals surface area (Å²) in [6.07, 6.45) is 4.28. The van der Waals surface area contributed by atoms with Gasteiger partial charge in [-0.25, -0.2) is 12.7 Å². The van der Waals surface area contributed by atoms with Crippen molar-refractivity contribution in [2.75, 3.05) is 25.9 Å². The van der Waals surface area contributed by atoms with E-state index in [1.807, 2.05) is 6.92 Å². The maximum absolute atomic E-state index is 11.5. The van der Waals surface area contributed by atoms with Crippen molar-refractivity contribution in [2.24, 2.45) is 0 Å². The second-order valence-corrected chi connectivity index (χ2v) is 7.97. The Hall–Kier alpha value is -0.910. The first-order valence-corrected chi connectivity index (χ1v) is 9.91. The Labute approximate surface area is 136 Å². The Morgan fingerprint density at radius 3 is 2.64 bits per heavy atom. The number of nitrogens with zero attached hydrogens (tertiary/aromatic N) is 1. The van der Waals surface area contributed by atoms with Crippen LogP contribution in [0.15, 0.2) is 24.3 Å². The number of sulfonamides is 1. The highest BCUT2D eigenvalue weighted by atomic mass is 32.2. The summed E-state index contributed by atoms with van der Waals surface area (Å²) in [5.41, 5.74) is 2.68. The van der Waals surface area contributed by atoms with Crippen LogP contribution in [0.25, 0.3) is 0 Å². The summed E-state index contributed by atoms with van der Waals surface area (Å²) in [5, 5.41) is 3.48. The van der Waals surface area contributed by atoms with Gasteiger partial charge in [0, 0.05) is 19.1 Å². The molecule has 0 saturated carbocycles. The number of hydrogen-bond donors (Lipinski definition) is 1. The van der Waals surface area contributed by atoms with Gasteiger partial charge in [0.15, 0.2) is 0 Å². The van der Waals surface area contributed by atoms with Gasteiger partial charge in [0.1, 0.15) is 0 Å². The molecular weight excluding hydrogens is 296 g/mol. The van der Waals surface area contributed by atoms with Gasteiger partial charge >= 0.3 is 0 Å². The maximum atomic E-state index is 11.5. The van der Waals surface area contributed by atoms with Crippen LogP contribution in [0.3, 0.4) is 0 Å². The Balaban J connectivity index is 2.22. The number of nitrogens with one attached hydrogen (secondary N) is 1. The van der Waals surface area contributed by atoms with Crippen LogP contribution in [0, 0.1) is 6.92 Å². The van der Waals surface area contributed by atoms with E-state index < -0.39 is 10.0 Å². The van der Waals surface area contributed by atoms with Gasteiger partial charge in [-0.1, -0.05) is 36.8 Å². The highest BCUT2D eigenvalue weighted by Gasteiger charge is 2.13. The number of hydrogen-bond acceptors (Lipinski definition) is 3. The summed E-state index contributed by atoms with van der Waals surface area (Å²) in [5.74, 6) is 0. The zero-order chi connectivity index (χ0) is 16.6. The Morgan fingerprint density at radius 1 is 1.32 bits per heavy atom. The lowest BCUT2D eigenvalue weighted by atomic mass is 10.0. The summed E-state index contributed by atoms with van der Waals surface area (Å²) in [6, 6.07) is 9.07. The minimum atomic E-state index is -3.06. The lowest BCUT2D eigenvalue weighted by molar-refractivity contribution is 0.409. The summed E-state index contributed by atoms with van der Waals surface area (Å²) < 4.78 is 24.5. The van der Waals surface area contributed by atoms with Crippen LogP contribution in [0.4, 0.5) is 0 Å². The third-order valence-electron chi connectivity index (χ3n) is 3.85. The van der Waals surface area contributed by atoms with Gasteiger partial charge < -0.3 is 5.32 Å². The molecule has 22 heavy (non-hydrogen) atoms. The van der Waals surface area contributed by atoms with Crippen LogP contribution >= 0.6 is 0 Å². The first-order chi connectivity index (χ1) is 10.3. The molecule has 1 unspecified atom stereocenters. The largest absolute Gasteiger partial charge is 0.314 e. The van der Waals surface area contributed by atoms with Crippen LogP contribution in [0.5, 0.6) is 0 Å². The predicted molar refractivity (Wildman–Crippen MR) is 93.7 cm³/mol. The zero-order valence-electron chi connectivity index (χ0n) is 14.3.